The molecule has 2 aromatic rings. The van der Waals surface area contributed by atoms with Crippen LogP contribution in [-0.4, -0.2) is 37.2 Å². The Balaban J connectivity index is 1.69. The third kappa shape index (κ3) is 4.25. The first-order chi connectivity index (χ1) is 12.7. The minimum atomic E-state index is -0.204. The zero-order valence-electron chi connectivity index (χ0n) is 15.3. The van der Waals surface area contributed by atoms with Crippen LogP contribution in [0.25, 0.3) is 0 Å². The Morgan fingerprint density at radius 3 is 2.46 bits per heavy atom. The quantitative estimate of drug-likeness (QED) is 0.820. The van der Waals surface area contributed by atoms with E-state index in [1.165, 1.54) is 12.8 Å². The predicted octanol–water partition coefficient (Wildman–Crippen LogP) is 3.73. The third-order valence-electron chi connectivity index (χ3n) is 4.24. The standard InChI is InChI=1S/C20H25N3O3/c1-3-25-17-9-7-15(13-18(17)26-4-2)20(24)22-16-8-10-19(21-14-16)23-11-5-6-12-23/h7-10,13-14H,3-6,11-12H2,1-2H3,(H,22,24). The molecule has 1 amide bonds. The number of pyridine rings is 1. The highest BCUT2D eigenvalue weighted by Gasteiger charge is 2.14. The van der Waals surface area contributed by atoms with E-state index in [4.69, 9.17) is 9.47 Å². The van der Waals surface area contributed by atoms with Crippen molar-refractivity contribution in [2.45, 2.75) is 26.7 Å². The minimum absolute atomic E-state index is 0.204. The van der Waals surface area contributed by atoms with Crippen LogP contribution in [0, 0.1) is 0 Å². The average Bonchev–Trinajstić information content (AvgIpc) is 3.19. The fourth-order valence-electron chi connectivity index (χ4n) is 2.99. The summed E-state index contributed by atoms with van der Waals surface area (Å²) < 4.78 is 11.1. The van der Waals surface area contributed by atoms with Crippen LogP contribution in [-0.2, 0) is 0 Å². The van der Waals surface area contributed by atoms with Gasteiger partial charge in [0.15, 0.2) is 11.5 Å². The largest absolute Gasteiger partial charge is 0.490 e. The van der Waals surface area contributed by atoms with Gasteiger partial charge in [0.1, 0.15) is 5.82 Å². The van der Waals surface area contributed by atoms with Gasteiger partial charge in [-0.15, -0.1) is 0 Å². The van der Waals surface area contributed by atoms with Crippen LogP contribution in [0.2, 0.25) is 0 Å². The fraction of sp³-hybridized carbons (Fsp3) is 0.400. The highest BCUT2D eigenvalue weighted by molar-refractivity contribution is 6.04. The molecule has 1 aromatic carbocycles. The number of aromatic nitrogens is 1. The Labute approximate surface area is 154 Å². The van der Waals surface area contributed by atoms with Gasteiger partial charge in [0.2, 0.25) is 0 Å². The van der Waals surface area contributed by atoms with E-state index in [0.717, 1.165) is 18.9 Å². The number of hydrogen-bond donors (Lipinski definition) is 1. The molecule has 3 rings (SSSR count). The summed E-state index contributed by atoms with van der Waals surface area (Å²) in [5, 5.41) is 2.88. The van der Waals surface area contributed by atoms with Crippen molar-refractivity contribution in [2.75, 3.05) is 36.5 Å². The molecular weight excluding hydrogens is 330 g/mol. The molecule has 138 valence electrons. The molecule has 6 heteroatoms. The summed E-state index contributed by atoms with van der Waals surface area (Å²) in [7, 11) is 0. The van der Waals surface area contributed by atoms with Crippen LogP contribution in [0.15, 0.2) is 36.5 Å². The van der Waals surface area contributed by atoms with E-state index in [9.17, 15) is 4.79 Å². The molecule has 1 aromatic heterocycles. The molecule has 1 aliphatic rings. The first-order valence-corrected chi connectivity index (χ1v) is 9.13. The number of amides is 1. The van der Waals surface area contributed by atoms with Crippen LogP contribution in [0.4, 0.5) is 11.5 Å². The average molecular weight is 355 g/mol. The maximum Gasteiger partial charge on any atom is 0.255 e. The number of carbonyl (C=O) groups is 1. The normalized spacial score (nSPS) is 13.5. The van der Waals surface area contributed by atoms with Crippen molar-refractivity contribution in [3.8, 4) is 11.5 Å². The number of ether oxygens (including phenoxy) is 2. The van der Waals surface area contributed by atoms with Gasteiger partial charge in [-0.3, -0.25) is 4.79 Å². The maximum atomic E-state index is 12.5. The molecule has 0 aliphatic carbocycles. The fourth-order valence-corrected chi connectivity index (χ4v) is 2.99. The first kappa shape index (κ1) is 18.0. The summed E-state index contributed by atoms with van der Waals surface area (Å²) in [5.74, 6) is 1.97. The molecule has 0 saturated carbocycles. The van der Waals surface area contributed by atoms with Gasteiger partial charge in [0.05, 0.1) is 25.1 Å². The van der Waals surface area contributed by atoms with Gasteiger partial charge in [-0.25, -0.2) is 4.98 Å². The zero-order chi connectivity index (χ0) is 18.4. The van der Waals surface area contributed by atoms with E-state index in [1.807, 2.05) is 26.0 Å². The number of nitrogens with zero attached hydrogens (tertiary/aromatic N) is 2. The number of carbonyl (C=O) groups excluding carboxylic acids is 1. The van der Waals surface area contributed by atoms with E-state index < -0.39 is 0 Å². The molecule has 1 saturated heterocycles. The van der Waals surface area contributed by atoms with Gasteiger partial charge < -0.3 is 19.7 Å². The second-order valence-corrected chi connectivity index (χ2v) is 6.08. The molecular formula is C20H25N3O3. The highest BCUT2D eigenvalue weighted by atomic mass is 16.5. The monoisotopic (exact) mass is 355 g/mol. The molecule has 1 fully saturated rings. The lowest BCUT2D eigenvalue weighted by molar-refractivity contribution is 0.102. The Hall–Kier alpha value is -2.76. The molecule has 1 N–H and O–H groups in total. The maximum absolute atomic E-state index is 12.5. The van der Waals surface area contributed by atoms with Crippen LogP contribution in [0.5, 0.6) is 11.5 Å². The van der Waals surface area contributed by atoms with Gasteiger partial charge in [0.25, 0.3) is 5.91 Å². The summed E-state index contributed by atoms with van der Waals surface area (Å²) >= 11 is 0. The molecule has 2 heterocycles. The second kappa shape index (κ2) is 8.56. The number of hydrogen-bond acceptors (Lipinski definition) is 5. The summed E-state index contributed by atoms with van der Waals surface area (Å²) in [4.78, 5) is 19.3. The zero-order valence-corrected chi connectivity index (χ0v) is 15.3. The van der Waals surface area contributed by atoms with Crippen molar-refractivity contribution in [2.24, 2.45) is 0 Å². The molecule has 26 heavy (non-hydrogen) atoms. The van der Waals surface area contributed by atoms with Crippen molar-refractivity contribution in [3.05, 3.63) is 42.1 Å². The Bertz CT molecular complexity index is 740. The van der Waals surface area contributed by atoms with E-state index in [-0.39, 0.29) is 5.91 Å². The van der Waals surface area contributed by atoms with Gasteiger partial charge in [-0.05, 0) is 57.0 Å². The van der Waals surface area contributed by atoms with E-state index >= 15 is 0 Å². The molecule has 0 bridgehead atoms. The van der Waals surface area contributed by atoms with Gasteiger partial charge in [-0.2, -0.15) is 0 Å². The number of nitrogens with one attached hydrogen (secondary N) is 1. The van der Waals surface area contributed by atoms with Crippen molar-refractivity contribution in [3.63, 3.8) is 0 Å². The number of rotatable bonds is 7. The van der Waals surface area contributed by atoms with Crippen molar-refractivity contribution < 1.29 is 14.3 Å². The lowest BCUT2D eigenvalue weighted by Crippen LogP contribution is -2.19. The van der Waals surface area contributed by atoms with Crippen LogP contribution in [0.1, 0.15) is 37.0 Å². The second-order valence-electron chi connectivity index (χ2n) is 6.08. The van der Waals surface area contributed by atoms with Crippen LogP contribution < -0.4 is 19.7 Å². The summed E-state index contributed by atoms with van der Waals surface area (Å²) in [6, 6.07) is 9.03. The molecule has 1 aliphatic heterocycles. The van der Waals surface area contributed by atoms with Gasteiger partial charge in [0, 0.05) is 18.7 Å². The first-order valence-electron chi connectivity index (χ1n) is 9.13. The van der Waals surface area contributed by atoms with E-state index in [1.54, 1.807) is 24.4 Å². The predicted molar refractivity (Wildman–Crippen MR) is 102 cm³/mol. The Kier molecular flexibility index (Phi) is 5.94. The topological polar surface area (TPSA) is 63.7 Å². The Morgan fingerprint density at radius 2 is 1.81 bits per heavy atom. The highest BCUT2D eigenvalue weighted by Crippen LogP contribution is 2.29. The van der Waals surface area contributed by atoms with Gasteiger partial charge >= 0.3 is 0 Å². The lowest BCUT2D eigenvalue weighted by Gasteiger charge is -2.16. The van der Waals surface area contributed by atoms with Crippen molar-refractivity contribution in [1.29, 1.82) is 0 Å². The molecule has 0 spiro atoms. The van der Waals surface area contributed by atoms with Crippen molar-refractivity contribution >= 4 is 17.4 Å². The summed E-state index contributed by atoms with van der Waals surface area (Å²) in [6.45, 7) is 6.95. The Morgan fingerprint density at radius 1 is 1.08 bits per heavy atom. The van der Waals surface area contributed by atoms with Crippen molar-refractivity contribution in [1.82, 2.24) is 4.98 Å². The smallest absolute Gasteiger partial charge is 0.255 e. The number of anilines is 2. The molecule has 0 unspecified atom stereocenters. The summed E-state index contributed by atoms with van der Waals surface area (Å²) in [6.07, 6.45) is 4.11. The molecule has 0 atom stereocenters. The molecule has 0 radical (unpaired) electrons. The van der Waals surface area contributed by atoms with Gasteiger partial charge in [-0.1, -0.05) is 0 Å². The number of benzene rings is 1. The minimum Gasteiger partial charge on any atom is -0.490 e. The SMILES string of the molecule is CCOc1ccc(C(=O)Nc2ccc(N3CCCC3)nc2)cc1OCC. The third-order valence-corrected chi connectivity index (χ3v) is 4.24. The summed E-state index contributed by atoms with van der Waals surface area (Å²) in [5.41, 5.74) is 1.19. The van der Waals surface area contributed by atoms with Crippen LogP contribution in [0.3, 0.4) is 0 Å². The van der Waals surface area contributed by atoms with Crippen LogP contribution >= 0.6 is 0 Å². The molecule has 6 nitrogen and oxygen atoms in total. The lowest BCUT2D eigenvalue weighted by atomic mass is 10.2. The van der Waals surface area contributed by atoms with E-state index in [2.05, 4.69) is 15.2 Å². The van der Waals surface area contributed by atoms with E-state index in [0.29, 0.717) is 36.0 Å².